The summed E-state index contributed by atoms with van der Waals surface area (Å²) in [6, 6.07) is 12.5. The molecule has 2 aromatic carbocycles. The van der Waals surface area contributed by atoms with Gasteiger partial charge in [-0.05, 0) is 61.6 Å². The maximum Gasteiger partial charge on any atom is 0.240 e. The molecule has 7 heteroatoms. The van der Waals surface area contributed by atoms with E-state index in [1.807, 2.05) is 38.3 Å². The number of carbonyl (C=O) groups is 1. The van der Waals surface area contributed by atoms with Gasteiger partial charge in [-0.2, -0.15) is 0 Å². The summed E-state index contributed by atoms with van der Waals surface area (Å²) >= 11 is 1.59. The van der Waals surface area contributed by atoms with Crippen molar-refractivity contribution in [2.45, 2.75) is 30.1 Å². The third-order valence-electron chi connectivity index (χ3n) is 3.79. The van der Waals surface area contributed by atoms with Crippen molar-refractivity contribution in [1.29, 1.82) is 0 Å². The average molecular weight is 379 g/mol. The first-order valence-electron chi connectivity index (χ1n) is 7.82. The maximum absolute atomic E-state index is 12.3. The summed E-state index contributed by atoms with van der Waals surface area (Å²) in [6.07, 6.45) is 2.02. The molecule has 0 radical (unpaired) electrons. The number of anilines is 1. The maximum atomic E-state index is 12.3. The van der Waals surface area contributed by atoms with Crippen molar-refractivity contribution in [2.24, 2.45) is 0 Å². The molecular weight excluding hydrogens is 356 g/mol. The van der Waals surface area contributed by atoms with Gasteiger partial charge in [-0.15, -0.1) is 11.8 Å². The number of amides is 1. The second-order valence-corrected chi connectivity index (χ2v) is 8.32. The van der Waals surface area contributed by atoms with E-state index >= 15 is 0 Å². The van der Waals surface area contributed by atoms with Gasteiger partial charge in [0.25, 0.3) is 0 Å². The van der Waals surface area contributed by atoms with Crippen LogP contribution in [0.1, 0.15) is 17.5 Å². The van der Waals surface area contributed by atoms with E-state index in [0.29, 0.717) is 5.69 Å². The van der Waals surface area contributed by atoms with Gasteiger partial charge in [-0.1, -0.05) is 12.1 Å². The minimum atomic E-state index is -3.61. The molecule has 25 heavy (non-hydrogen) atoms. The monoisotopic (exact) mass is 378 g/mol. The summed E-state index contributed by atoms with van der Waals surface area (Å²) in [5.41, 5.74) is 2.65. The van der Waals surface area contributed by atoms with Crippen molar-refractivity contribution in [3.63, 3.8) is 0 Å². The van der Waals surface area contributed by atoms with Crippen molar-refractivity contribution in [3.05, 3.63) is 53.6 Å². The molecule has 0 fully saturated rings. The fourth-order valence-corrected chi connectivity index (χ4v) is 3.76. The highest BCUT2D eigenvalue weighted by molar-refractivity contribution is 7.98. The van der Waals surface area contributed by atoms with E-state index in [9.17, 15) is 13.2 Å². The lowest BCUT2D eigenvalue weighted by molar-refractivity contribution is -0.116. The van der Waals surface area contributed by atoms with Crippen LogP contribution in [-0.4, -0.2) is 27.1 Å². The van der Waals surface area contributed by atoms with Crippen molar-refractivity contribution >= 4 is 33.4 Å². The number of aryl methyl sites for hydroxylation is 2. The number of sulfonamides is 1. The topological polar surface area (TPSA) is 75.3 Å². The molecule has 134 valence electrons. The molecule has 0 aliphatic carbocycles. The largest absolute Gasteiger partial charge is 0.326 e. The van der Waals surface area contributed by atoms with Crippen LogP contribution in [-0.2, 0) is 14.8 Å². The molecule has 2 rings (SSSR count). The van der Waals surface area contributed by atoms with Crippen molar-refractivity contribution in [1.82, 2.24) is 4.72 Å². The second kappa shape index (κ2) is 8.51. The smallest absolute Gasteiger partial charge is 0.240 e. The number of hydrogen-bond acceptors (Lipinski definition) is 4. The standard InChI is InChI=1S/C18H22N2O3S2/c1-13-7-8-17(11-14(13)2)25(22,23)19-10-9-18(21)20-15-5-4-6-16(12-15)24-3/h4-8,11-12,19H,9-10H2,1-3H3,(H,20,21). The molecule has 0 bridgehead atoms. The van der Waals surface area contributed by atoms with Gasteiger partial charge in [-0.3, -0.25) is 4.79 Å². The number of thioether (sulfide) groups is 1. The van der Waals surface area contributed by atoms with Crippen LogP contribution in [0.15, 0.2) is 52.3 Å². The molecule has 2 N–H and O–H groups in total. The average Bonchev–Trinajstić information content (AvgIpc) is 2.57. The molecule has 0 atom stereocenters. The Hall–Kier alpha value is -1.83. The quantitative estimate of drug-likeness (QED) is 0.725. The predicted octanol–water partition coefficient (Wildman–Crippen LogP) is 3.33. The highest BCUT2D eigenvalue weighted by Gasteiger charge is 2.15. The van der Waals surface area contributed by atoms with Gasteiger partial charge in [0.1, 0.15) is 0 Å². The van der Waals surface area contributed by atoms with Crippen molar-refractivity contribution in [3.8, 4) is 0 Å². The Morgan fingerprint density at radius 2 is 1.84 bits per heavy atom. The van der Waals surface area contributed by atoms with E-state index in [1.54, 1.807) is 36.0 Å². The molecule has 0 heterocycles. The molecule has 0 unspecified atom stereocenters. The van der Waals surface area contributed by atoms with Gasteiger partial charge in [-0.25, -0.2) is 13.1 Å². The highest BCUT2D eigenvalue weighted by Crippen LogP contribution is 2.19. The fourth-order valence-electron chi connectivity index (χ4n) is 2.19. The summed E-state index contributed by atoms with van der Waals surface area (Å²) < 4.78 is 27.0. The van der Waals surface area contributed by atoms with E-state index in [0.717, 1.165) is 16.0 Å². The van der Waals surface area contributed by atoms with Crippen LogP contribution in [0.3, 0.4) is 0 Å². The summed E-state index contributed by atoms with van der Waals surface area (Å²) in [7, 11) is -3.61. The number of benzene rings is 2. The summed E-state index contributed by atoms with van der Waals surface area (Å²) in [6.45, 7) is 3.84. The van der Waals surface area contributed by atoms with Crippen molar-refractivity contribution in [2.75, 3.05) is 18.1 Å². The first-order chi connectivity index (χ1) is 11.8. The van der Waals surface area contributed by atoms with Gasteiger partial charge in [0.2, 0.25) is 15.9 Å². The van der Waals surface area contributed by atoms with Crippen LogP contribution in [0.5, 0.6) is 0 Å². The number of carbonyl (C=O) groups excluding carboxylic acids is 1. The highest BCUT2D eigenvalue weighted by atomic mass is 32.2. The van der Waals surface area contributed by atoms with Gasteiger partial charge >= 0.3 is 0 Å². The van der Waals surface area contributed by atoms with Crippen LogP contribution in [0.4, 0.5) is 5.69 Å². The molecule has 1 amide bonds. The molecule has 0 spiro atoms. The Labute approximate surface area is 153 Å². The molecular formula is C18H22N2O3S2. The van der Waals surface area contributed by atoms with Gasteiger partial charge in [0, 0.05) is 23.5 Å². The van der Waals surface area contributed by atoms with Crippen LogP contribution in [0, 0.1) is 13.8 Å². The molecule has 0 saturated carbocycles. The van der Waals surface area contributed by atoms with E-state index in [4.69, 9.17) is 0 Å². The van der Waals surface area contributed by atoms with E-state index in [-0.39, 0.29) is 23.8 Å². The number of rotatable bonds is 7. The van der Waals surface area contributed by atoms with Crippen LogP contribution >= 0.6 is 11.8 Å². The molecule has 0 aliphatic heterocycles. The minimum Gasteiger partial charge on any atom is -0.326 e. The molecule has 0 aliphatic rings. The third kappa shape index (κ3) is 5.59. The molecule has 5 nitrogen and oxygen atoms in total. The summed E-state index contributed by atoms with van der Waals surface area (Å²) in [5.74, 6) is -0.235. The van der Waals surface area contributed by atoms with E-state index in [2.05, 4.69) is 10.0 Å². The fraction of sp³-hybridized carbons (Fsp3) is 0.278. The Morgan fingerprint density at radius 1 is 1.08 bits per heavy atom. The van der Waals surface area contributed by atoms with Crippen LogP contribution in [0.2, 0.25) is 0 Å². The lowest BCUT2D eigenvalue weighted by atomic mass is 10.1. The zero-order chi connectivity index (χ0) is 18.4. The van der Waals surface area contributed by atoms with Crippen LogP contribution < -0.4 is 10.0 Å². The molecule has 0 aromatic heterocycles. The Kier molecular flexibility index (Phi) is 6.64. The molecule has 0 saturated heterocycles. The Morgan fingerprint density at radius 3 is 2.52 bits per heavy atom. The van der Waals surface area contributed by atoms with Gasteiger partial charge < -0.3 is 5.32 Å². The first-order valence-corrected chi connectivity index (χ1v) is 10.5. The third-order valence-corrected chi connectivity index (χ3v) is 5.97. The zero-order valence-electron chi connectivity index (χ0n) is 14.5. The Balaban J connectivity index is 1.90. The van der Waals surface area contributed by atoms with Crippen LogP contribution in [0.25, 0.3) is 0 Å². The normalized spacial score (nSPS) is 11.3. The first kappa shape index (κ1) is 19.5. The lowest BCUT2D eigenvalue weighted by Gasteiger charge is -2.09. The zero-order valence-corrected chi connectivity index (χ0v) is 16.1. The summed E-state index contributed by atoms with van der Waals surface area (Å²) in [5, 5.41) is 2.77. The molecule has 2 aromatic rings. The number of nitrogens with one attached hydrogen (secondary N) is 2. The van der Waals surface area contributed by atoms with Gasteiger partial charge in [0.05, 0.1) is 4.90 Å². The lowest BCUT2D eigenvalue weighted by Crippen LogP contribution is -2.28. The minimum absolute atomic E-state index is 0.0449. The Bertz CT molecular complexity index is 864. The van der Waals surface area contributed by atoms with E-state index in [1.165, 1.54) is 0 Å². The predicted molar refractivity (Wildman–Crippen MR) is 103 cm³/mol. The van der Waals surface area contributed by atoms with Gasteiger partial charge in [0.15, 0.2) is 0 Å². The van der Waals surface area contributed by atoms with E-state index < -0.39 is 10.0 Å². The summed E-state index contributed by atoms with van der Waals surface area (Å²) in [4.78, 5) is 13.2. The number of hydrogen-bond donors (Lipinski definition) is 2. The second-order valence-electron chi connectivity index (χ2n) is 5.67. The SMILES string of the molecule is CSc1cccc(NC(=O)CCNS(=O)(=O)c2ccc(C)c(C)c2)c1. The van der Waals surface area contributed by atoms with Crippen molar-refractivity contribution < 1.29 is 13.2 Å².